The summed E-state index contributed by atoms with van der Waals surface area (Å²) in [6, 6.07) is 4.26. The number of hydrogen-bond acceptors (Lipinski definition) is 2. The zero-order valence-electron chi connectivity index (χ0n) is 11.6. The number of halogens is 2. The maximum Gasteiger partial charge on any atom is 0.256 e. The van der Waals surface area contributed by atoms with Gasteiger partial charge in [0.1, 0.15) is 5.82 Å². The second kappa shape index (κ2) is 5.29. The van der Waals surface area contributed by atoms with Crippen LogP contribution in [0.15, 0.2) is 23.0 Å². The summed E-state index contributed by atoms with van der Waals surface area (Å²) in [7, 11) is 0. The highest BCUT2D eigenvalue weighted by atomic mass is 35.5. The van der Waals surface area contributed by atoms with E-state index in [1.54, 1.807) is 6.92 Å². The fourth-order valence-corrected chi connectivity index (χ4v) is 2.25. The van der Waals surface area contributed by atoms with Gasteiger partial charge < -0.3 is 10.7 Å². The van der Waals surface area contributed by atoms with E-state index in [4.69, 9.17) is 17.3 Å². The molecule has 1 heterocycles. The van der Waals surface area contributed by atoms with E-state index >= 15 is 0 Å². The fraction of sp³-hybridized carbons (Fsp3) is 0.267. The van der Waals surface area contributed by atoms with Crippen LogP contribution in [0.25, 0.3) is 11.1 Å². The summed E-state index contributed by atoms with van der Waals surface area (Å²) in [4.78, 5) is 14.8. The van der Waals surface area contributed by atoms with Crippen LogP contribution in [-0.2, 0) is 0 Å². The first kappa shape index (κ1) is 14.6. The normalized spacial score (nSPS) is 11.1. The standard InChI is InChI=1S/C15H16ClFN2O/c1-7(2)14-13(18)6-10(15(20)19-14)9-5-11(16)8(3)4-12(9)17/h4-7H,18H2,1-3H3,(H,19,20). The number of H-pyrrole nitrogens is 1. The predicted octanol–water partition coefficient (Wildman–Crippen LogP) is 3.85. The second-order valence-corrected chi connectivity index (χ2v) is 5.52. The van der Waals surface area contributed by atoms with E-state index in [1.807, 2.05) is 13.8 Å². The summed E-state index contributed by atoms with van der Waals surface area (Å²) >= 11 is 6.00. The lowest BCUT2D eigenvalue weighted by atomic mass is 10.0. The number of aromatic nitrogens is 1. The molecule has 0 fully saturated rings. The monoisotopic (exact) mass is 294 g/mol. The average molecular weight is 295 g/mol. The van der Waals surface area contributed by atoms with Gasteiger partial charge in [-0.3, -0.25) is 4.79 Å². The van der Waals surface area contributed by atoms with Gasteiger partial charge in [-0.15, -0.1) is 0 Å². The first-order valence-electron chi connectivity index (χ1n) is 6.30. The molecule has 0 bridgehead atoms. The molecule has 3 nitrogen and oxygen atoms in total. The first-order valence-corrected chi connectivity index (χ1v) is 6.67. The van der Waals surface area contributed by atoms with Crippen molar-refractivity contribution in [2.75, 3.05) is 5.73 Å². The Morgan fingerprint density at radius 2 is 1.90 bits per heavy atom. The van der Waals surface area contributed by atoms with Crippen molar-refractivity contribution in [1.82, 2.24) is 4.98 Å². The number of nitrogens with two attached hydrogens (primary N) is 1. The maximum absolute atomic E-state index is 14.0. The summed E-state index contributed by atoms with van der Waals surface area (Å²) in [5.41, 5.74) is 7.60. The molecule has 0 aliphatic carbocycles. The number of hydrogen-bond donors (Lipinski definition) is 2. The van der Waals surface area contributed by atoms with E-state index < -0.39 is 5.82 Å². The minimum atomic E-state index is -0.492. The smallest absolute Gasteiger partial charge is 0.256 e. The van der Waals surface area contributed by atoms with Crippen molar-refractivity contribution < 1.29 is 4.39 Å². The van der Waals surface area contributed by atoms with Crippen molar-refractivity contribution in [2.24, 2.45) is 0 Å². The van der Waals surface area contributed by atoms with E-state index in [9.17, 15) is 9.18 Å². The van der Waals surface area contributed by atoms with Crippen LogP contribution >= 0.6 is 11.6 Å². The van der Waals surface area contributed by atoms with Gasteiger partial charge in [-0.2, -0.15) is 0 Å². The second-order valence-electron chi connectivity index (χ2n) is 5.12. The van der Waals surface area contributed by atoms with Crippen molar-refractivity contribution in [2.45, 2.75) is 26.7 Å². The van der Waals surface area contributed by atoms with E-state index in [0.717, 1.165) is 0 Å². The van der Waals surface area contributed by atoms with Crippen LogP contribution in [0.2, 0.25) is 5.02 Å². The number of rotatable bonds is 2. The van der Waals surface area contributed by atoms with Crippen LogP contribution in [0.5, 0.6) is 0 Å². The largest absolute Gasteiger partial charge is 0.397 e. The molecule has 3 N–H and O–H groups in total. The molecule has 1 aromatic carbocycles. The molecule has 0 saturated carbocycles. The van der Waals surface area contributed by atoms with Gasteiger partial charge in [0.25, 0.3) is 5.56 Å². The Morgan fingerprint density at radius 3 is 2.50 bits per heavy atom. The molecule has 20 heavy (non-hydrogen) atoms. The lowest BCUT2D eigenvalue weighted by Gasteiger charge is -2.12. The molecular weight excluding hydrogens is 279 g/mol. The molecule has 2 rings (SSSR count). The lowest BCUT2D eigenvalue weighted by molar-refractivity contribution is 0.630. The molecule has 0 aliphatic heterocycles. The molecule has 0 amide bonds. The molecule has 0 atom stereocenters. The van der Waals surface area contributed by atoms with Gasteiger partial charge in [-0.25, -0.2) is 4.39 Å². The number of benzene rings is 1. The Labute approximate surface area is 121 Å². The number of aryl methyl sites for hydroxylation is 1. The SMILES string of the molecule is Cc1cc(F)c(-c2cc(N)c(C(C)C)[nH]c2=O)cc1Cl. The fourth-order valence-electron chi connectivity index (χ4n) is 2.09. The molecule has 0 saturated heterocycles. The van der Waals surface area contributed by atoms with Crippen molar-refractivity contribution in [3.05, 3.63) is 50.7 Å². The van der Waals surface area contributed by atoms with Crippen LogP contribution in [0, 0.1) is 12.7 Å². The van der Waals surface area contributed by atoms with Crippen LogP contribution in [0.4, 0.5) is 10.1 Å². The number of nitrogen functional groups attached to an aromatic ring is 1. The quantitative estimate of drug-likeness (QED) is 0.884. The minimum absolute atomic E-state index is 0.0863. The highest BCUT2D eigenvalue weighted by Gasteiger charge is 2.15. The Kier molecular flexibility index (Phi) is 3.86. The molecule has 1 aromatic heterocycles. The van der Waals surface area contributed by atoms with E-state index in [0.29, 0.717) is 22.0 Å². The van der Waals surface area contributed by atoms with Crippen LogP contribution in [0.3, 0.4) is 0 Å². The van der Waals surface area contributed by atoms with Gasteiger partial charge in [0.2, 0.25) is 0 Å². The molecule has 0 spiro atoms. The Bertz CT molecular complexity index is 723. The summed E-state index contributed by atoms with van der Waals surface area (Å²) in [6.45, 7) is 5.55. The molecular formula is C15H16ClFN2O. The zero-order chi connectivity index (χ0) is 15.0. The topological polar surface area (TPSA) is 58.9 Å². The van der Waals surface area contributed by atoms with Gasteiger partial charge in [0, 0.05) is 16.3 Å². The first-order chi connectivity index (χ1) is 9.31. The predicted molar refractivity (Wildman–Crippen MR) is 80.7 cm³/mol. The molecule has 0 aliphatic rings. The highest BCUT2D eigenvalue weighted by Crippen LogP contribution is 2.29. The average Bonchev–Trinajstić information content (AvgIpc) is 2.36. The maximum atomic E-state index is 14.0. The molecule has 0 unspecified atom stereocenters. The summed E-state index contributed by atoms with van der Waals surface area (Å²) in [5.74, 6) is -0.405. The summed E-state index contributed by atoms with van der Waals surface area (Å²) in [6.07, 6.45) is 0. The van der Waals surface area contributed by atoms with Gasteiger partial charge in [-0.05, 0) is 36.6 Å². The third kappa shape index (κ3) is 2.56. The van der Waals surface area contributed by atoms with Crippen LogP contribution in [-0.4, -0.2) is 4.98 Å². The van der Waals surface area contributed by atoms with Crippen molar-refractivity contribution in [3.63, 3.8) is 0 Å². The van der Waals surface area contributed by atoms with E-state index in [1.165, 1.54) is 18.2 Å². The van der Waals surface area contributed by atoms with E-state index in [2.05, 4.69) is 4.98 Å². The molecule has 5 heteroatoms. The Hall–Kier alpha value is -1.81. The number of anilines is 1. The third-order valence-electron chi connectivity index (χ3n) is 3.22. The number of aromatic amines is 1. The zero-order valence-corrected chi connectivity index (χ0v) is 12.3. The van der Waals surface area contributed by atoms with Gasteiger partial charge in [-0.1, -0.05) is 25.4 Å². The van der Waals surface area contributed by atoms with Gasteiger partial charge in [0.15, 0.2) is 0 Å². The molecule has 0 radical (unpaired) electrons. The third-order valence-corrected chi connectivity index (χ3v) is 3.63. The van der Waals surface area contributed by atoms with Crippen molar-refractivity contribution in [1.29, 1.82) is 0 Å². The highest BCUT2D eigenvalue weighted by molar-refractivity contribution is 6.31. The van der Waals surface area contributed by atoms with Gasteiger partial charge >= 0.3 is 0 Å². The van der Waals surface area contributed by atoms with Gasteiger partial charge in [0.05, 0.1) is 11.3 Å². The molecule has 106 valence electrons. The summed E-state index contributed by atoms with van der Waals surface area (Å²) in [5, 5.41) is 0.410. The Morgan fingerprint density at radius 1 is 1.25 bits per heavy atom. The number of nitrogens with one attached hydrogen (secondary N) is 1. The van der Waals surface area contributed by atoms with Crippen LogP contribution in [0.1, 0.15) is 31.0 Å². The minimum Gasteiger partial charge on any atom is -0.397 e. The molecule has 2 aromatic rings. The van der Waals surface area contributed by atoms with Crippen LogP contribution < -0.4 is 11.3 Å². The lowest BCUT2D eigenvalue weighted by Crippen LogP contribution is -2.15. The van der Waals surface area contributed by atoms with E-state index in [-0.39, 0.29) is 22.6 Å². The Balaban J connectivity index is 2.68. The number of pyridine rings is 1. The van der Waals surface area contributed by atoms with Crippen molar-refractivity contribution >= 4 is 17.3 Å². The summed E-state index contributed by atoms with van der Waals surface area (Å²) < 4.78 is 14.0. The van der Waals surface area contributed by atoms with Crippen molar-refractivity contribution in [3.8, 4) is 11.1 Å².